The first-order valence-electron chi connectivity index (χ1n) is 7.79. The molecule has 1 aliphatic rings. The Kier molecular flexibility index (Phi) is 6.16. The first-order chi connectivity index (χ1) is 9.31. The van der Waals surface area contributed by atoms with Gasteiger partial charge in [-0.25, -0.2) is 0 Å². The second kappa shape index (κ2) is 7.89. The van der Waals surface area contributed by atoms with Gasteiger partial charge in [-0.3, -0.25) is 0 Å². The molecule has 1 heteroatoms. The second-order valence-electron chi connectivity index (χ2n) is 5.61. The molecule has 1 aromatic carbocycles. The zero-order chi connectivity index (χ0) is 13.5. The maximum Gasteiger partial charge on any atom is 0.0178 e. The summed E-state index contributed by atoms with van der Waals surface area (Å²) < 4.78 is 1.21. The van der Waals surface area contributed by atoms with Gasteiger partial charge in [-0.2, -0.15) is 0 Å². The van der Waals surface area contributed by atoms with E-state index in [9.17, 15) is 0 Å². The third-order valence-electron chi connectivity index (χ3n) is 4.03. The molecule has 0 heterocycles. The highest BCUT2D eigenvalue weighted by atomic mass is 79.9. The van der Waals surface area contributed by atoms with Crippen LogP contribution < -0.4 is 0 Å². The van der Waals surface area contributed by atoms with Crippen molar-refractivity contribution in [1.29, 1.82) is 0 Å². The Morgan fingerprint density at radius 1 is 1.00 bits per heavy atom. The SMILES string of the molecule is CCCCCCCCCC1=CCc2cc(Br)ccc21. The van der Waals surface area contributed by atoms with Gasteiger partial charge >= 0.3 is 0 Å². The fraction of sp³-hybridized carbons (Fsp3) is 0.556. The van der Waals surface area contributed by atoms with E-state index in [1.165, 1.54) is 67.0 Å². The number of hydrogen-bond donors (Lipinski definition) is 0. The molecule has 0 N–H and O–H groups in total. The third kappa shape index (κ3) is 4.49. The van der Waals surface area contributed by atoms with Crippen LogP contribution in [0.25, 0.3) is 5.57 Å². The van der Waals surface area contributed by atoms with Crippen LogP contribution in [-0.4, -0.2) is 0 Å². The average Bonchev–Trinajstić information content (AvgIpc) is 2.80. The van der Waals surface area contributed by atoms with Gasteiger partial charge in [-0.05, 0) is 48.1 Å². The largest absolute Gasteiger partial charge is 0.0763 e. The van der Waals surface area contributed by atoms with E-state index in [4.69, 9.17) is 0 Å². The monoisotopic (exact) mass is 320 g/mol. The number of fused-ring (bicyclic) bond motifs is 1. The van der Waals surface area contributed by atoms with E-state index in [1.807, 2.05) is 0 Å². The summed E-state index contributed by atoms with van der Waals surface area (Å²) in [4.78, 5) is 0. The predicted octanol–water partition coefficient (Wildman–Crippen LogP) is 6.53. The first kappa shape index (κ1) is 14.8. The summed E-state index contributed by atoms with van der Waals surface area (Å²) in [6.07, 6.45) is 14.6. The molecular formula is C18H25Br. The molecule has 0 atom stereocenters. The summed E-state index contributed by atoms with van der Waals surface area (Å²) in [6.45, 7) is 2.28. The van der Waals surface area contributed by atoms with Gasteiger partial charge in [0.05, 0.1) is 0 Å². The molecule has 0 nitrogen and oxygen atoms in total. The topological polar surface area (TPSA) is 0 Å². The Labute approximate surface area is 126 Å². The highest BCUT2D eigenvalue weighted by molar-refractivity contribution is 9.10. The van der Waals surface area contributed by atoms with Crippen LogP contribution in [0.2, 0.25) is 0 Å². The number of hydrogen-bond acceptors (Lipinski definition) is 0. The number of allylic oxidation sites excluding steroid dienone is 2. The van der Waals surface area contributed by atoms with Crippen LogP contribution in [0.5, 0.6) is 0 Å². The van der Waals surface area contributed by atoms with Gasteiger partial charge in [0.15, 0.2) is 0 Å². The maximum atomic E-state index is 3.56. The fourth-order valence-corrected chi connectivity index (χ4v) is 3.31. The standard InChI is InChI=1S/C18H25Br/c1-2-3-4-5-6-7-8-9-15-10-11-16-14-17(19)12-13-18(15)16/h10,12-14H,2-9,11H2,1H3. The Morgan fingerprint density at radius 2 is 1.74 bits per heavy atom. The fourth-order valence-electron chi connectivity index (χ4n) is 2.90. The number of unbranched alkanes of at least 4 members (excludes halogenated alkanes) is 6. The van der Waals surface area contributed by atoms with Crippen molar-refractivity contribution in [3.8, 4) is 0 Å². The Hall–Kier alpha value is -0.560. The predicted molar refractivity (Wildman–Crippen MR) is 88.4 cm³/mol. The molecule has 0 bridgehead atoms. The van der Waals surface area contributed by atoms with Crippen molar-refractivity contribution in [3.05, 3.63) is 39.9 Å². The first-order valence-corrected chi connectivity index (χ1v) is 8.58. The molecule has 0 fully saturated rings. The summed E-state index contributed by atoms with van der Waals surface area (Å²) in [5, 5.41) is 0. The lowest BCUT2D eigenvalue weighted by atomic mass is 10.00. The average molecular weight is 321 g/mol. The van der Waals surface area contributed by atoms with E-state index in [0.717, 1.165) is 6.42 Å². The molecule has 1 aliphatic carbocycles. The summed E-state index contributed by atoms with van der Waals surface area (Å²) in [7, 11) is 0. The van der Waals surface area contributed by atoms with E-state index < -0.39 is 0 Å². The molecule has 0 aliphatic heterocycles. The Morgan fingerprint density at radius 3 is 2.53 bits per heavy atom. The molecule has 104 valence electrons. The smallest absolute Gasteiger partial charge is 0.0178 e. The number of rotatable bonds is 8. The van der Waals surface area contributed by atoms with Crippen molar-refractivity contribution in [2.24, 2.45) is 0 Å². The van der Waals surface area contributed by atoms with Gasteiger partial charge in [-0.1, -0.05) is 73.5 Å². The minimum atomic E-state index is 1.13. The van der Waals surface area contributed by atoms with Gasteiger partial charge in [0.2, 0.25) is 0 Å². The maximum absolute atomic E-state index is 3.56. The lowest BCUT2D eigenvalue weighted by molar-refractivity contribution is 0.594. The van der Waals surface area contributed by atoms with Crippen molar-refractivity contribution in [1.82, 2.24) is 0 Å². The molecule has 0 saturated heterocycles. The van der Waals surface area contributed by atoms with Crippen molar-refractivity contribution in [2.75, 3.05) is 0 Å². The summed E-state index contributed by atoms with van der Waals surface area (Å²) in [5.41, 5.74) is 4.57. The van der Waals surface area contributed by atoms with E-state index >= 15 is 0 Å². The van der Waals surface area contributed by atoms with Crippen LogP contribution in [-0.2, 0) is 6.42 Å². The van der Waals surface area contributed by atoms with Crippen LogP contribution in [0, 0.1) is 0 Å². The van der Waals surface area contributed by atoms with Gasteiger partial charge in [0.1, 0.15) is 0 Å². The summed E-state index contributed by atoms with van der Waals surface area (Å²) in [6, 6.07) is 6.71. The minimum absolute atomic E-state index is 1.13. The van der Waals surface area contributed by atoms with E-state index in [2.05, 4.69) is 47.1 Å². The van der Waals surface area contributed by atoms with Crippen LogP contribution in [0.1, 0.15) is 69.4 Å². The normalized spacial score (nSPS) is 13.5. The third-order valence-corrected chi connectivity index (χ3v) is 4.52. The molecule has 1 aromatic rings. The van der Waals surface area contributed by atoms with Crippen LogP contribution in [0.3, 0.4) is 0 Å². The Balaban J connectivity index is 1.68. The highest BCUT2D eigenvalue weighted by Crippen LogP contribution is 2.32. The summed E-state index contributed by atoms with van der Waals surface area (Å²) in [5.74, 6) is 0. The molecule has 0 saturated carbocycles. The zero-order valence-corrected chi connectivity index (χ0v) is 13.6. The molecule has 0 amide bonds. The molecule has 2 rings (SSSR count). The quantitative estimate of drug-likeness (QED) is 0.478. The zero-order valence-electron chi connectivity index (χ0n) is 12.1. The molecule has 0 unspecified atom stereocenters. The minimum Gasteiger partial charge on any atom is -0.0763 e. The Bertz CT molecular complexity index is 431. The second-order valence-corrected chi connectivity index (χ2v) is 6.52. The highest BCUT2D eigenvalue weighted by Gasteiger charge is 2.13. The molecule has 19 heavy (non-hydrogen) atoms. The van der Waals surface area contributed by atoms with Gasteiger partial charge < -0.3 is 0 Å². The van der Waals surface area contributed by atoms with Gasteiger partial charge in [-0.15, -0.1) is 0 Å². The lowest BCUT2D eigenvalue weighted by Crippen LogP contribution is -1.86. The van der Waals surface area contributed by atoms with Crippen LogP contribution in [0.4, 0.5) is 0 Å². The molecule has 0 radical (unpaired) electrons. The summed E-state index contributed by atoms with van der Waals surface area (Å²) >= 11 is 3.56. The van der Waals surface area contributed by atoms with E-state index in [-0.39, 0.29) is 0 Å². The number of halogens is 1. The number of benzene rings is 1. The molecule has 0 spiro atoms. The van der Waals surface area contributed by atoms with Crippen molar-refractivity contribution in [3.63, 3.8) is 0 Å². The molecule has 0 aromatic heterocycles. The molecular weight excluding hydrogens is 296 g/mol. The van der Waals surface area contributed by atoms with Crippen LogP contribution >= 0.6 is 15.9 Å². The van der Waals surface area contributed by atoms with Crippen molar-refractivity contribution < 1.29 is 0 Å². The van der Waals surface area contributed by atoms with E-state index in [1.54, 1.807) is 5.57 Å². The van der Waals surface area contributed by atoms with Crippen LogP contribution in [0.15, 0.2) is 28.7 Å². The van der Waals surface area contributed by atoms with Crippen molar-refractivity contribution in [2.45, 2.75) is 64.7 Å². The van der Waals surface area contributed by atoms with Gasteiger partial charge in [0, 0.05) is 4.47 Å². The van der Waals surface area contributed by atoms with Gasteiger partial charge in [0.25, 0.3) is 0 Å². The lowest BCUT2D eigenvalue weighted by Gasteiger charge is -2.06. The van der Waals surface area contributed by atoms with E-state index in [0.29, 0.717) is 0 Å². The van der Waals surface area contributed by atoms with Crippen molar-refractivity contribution >= 4 is 21.5 Å².